The zero-order valence-corrected chi connectivity index (χ0v) is 74.4. The molecule has 1 aliphatic carbocycles. The Morgan fingerprint density at radius 3 is 1.03 bits per heavy atom. The molecule has 18 atom stereocenters. The first-order valence-electron chi connectivity index (χ1n) is 47.2. The van der Waals surface area contributed by atoms with E-state index < -0.39 is 162 Å². The van der Waals surface area contributed by atoms with Crippen molar-refractivity contribution in [2.45, 2.75) is 498 Å². The van der Waals surface area contributed by atoms with Crippen LogP contribution in [0.25, 0.3) is 0 Å². The average Bonchev–Trinajstić information content (AvgIpc) is 0.755. The minimum Gasteiger partial charge on any atom is -0.463 e. The number of ether oxygens (including phenoxy) is 8. The number of carbonyl (C=O) groups is 4. The summed E-state index contributed by atoms with van der Waals surface area (Å²) in [6, 6.07) is 0. The third-order valence-electron chi connectivity index (χ3n) is 22.8. The van der Waals surface area contributed by atoms with Crippen LogP contribution >= 0.6 is 7.82 Å². The normalized spacial score (nSPS) is 25.1. The first-order valence-corrected chi connectivity index (χ1v) is 48.7. The number of aliphatic hydroxyl groups excluding tert-OH is 9. The second-order valence-electron chi connectivity index (χ2n) is 33.5. The van der Waals surface area contributed by atoms with Gasteiger partial charge in [-0.2, -0.15) is 0 Å². The van der Waals surface area contributed by atoms with E-state index in [1.54, 1.807) is 0 Å². The van der Waals surface area contributed by atoms with Crippen molar-refractivity contribution in [2.75, 3.05) is 26.4 Å². The molecule has 3 rings (SSSR count). The van der Waals surface area contributed by atoms with Crippen LogP contribution in [0.1, 0.15) is 394 Å². The molecule has 690 valence electrons. The molecule has 26 heteroatoms. The predicted molar refractivity (Wildman–Crippen MR) is 458 cm³/mol. The van der Waals surface area contributed by atoms with Gasteiger partial charge in [-0.15, -0.1) is 0 Å². The number of hydrogen-bond acceptors (Lipinski definition) is 24. The number of aliphatic hydroxyl groups is 9. The highest BCUT2D eigenvalue weighted by atomic mass is 31.2. The Balaban J connectivity index is 1.92. The number of allylic oxidation sites excluding steroid dienone is 6. The molecule has 25 nitrogen and oxygen atoms in total. The Morgan fingerprint density at radius 1 is 0.331 bits per heavy atom. The number of esters is 4. The standard InChI is InChI=1S/C92H167O25P/c1-5-9-13-17-21-25-29-33-36-39-42-44-48-52-56-60-64-75(94)108-69-72(111-77(96)66-62-58-54-50-46-40-32-28-24-20-16-12-8-4)70-110-118(106,107)117-90-88(115-91-85(104)81(100)79(98)73(68-93)112-91)84(103)83(102)87(114-78(97)67-63-59-55-51-47-43-38-35-31-27-23-19-15-11-7-3)89(90)116-92-86(105)82(101)80(99)74(113-92)71-109-76(95)65-61-57-53-49-45-41-37-34-30-26-22-18-14-10-6-2/h26-27,30-31,40,46,72-74,79-93,98-105H,5-25,28-29,32-39,41-45,47-71H2,1-4H3,(H,106,107)/b30-26-,31-27-,46-40-. The van der Waals surface area contributed by atoms with Gasteiger partial charge in [0.15, 0.2) is 24.8 Å². The van der Waals surface area contributed by atoms with E-state index in [4.69, 9.17) is 46.9 Å². The summed E-state index contributed by atoms with van der Waals surface area (Å²) in [6.45, 7) is 5.55. The highest BCUT2D eigenvalue weighted by Gasteiger charge is 2.60. The van der Waals surface area contributed by atoms with Gasteiger partial charge < -0.3 is 88.7 Å². The van der Waals surface area contributed by atoms with Gasteiger partial charge in [-0.05, 0) is 103 Å². The van der Waals surface area contributed by atoms with Crippen LogP contribution < -0.4 is 0 Å². The maximum atomic E-state index is 14.9. The summed E-state index contributed by atoms with van der Waals surface area (Å²) in [5.74, 6) is -2.99. The molecule has 2 aliphatic heterocycles. The number of carbonyl (C=O) groups excluding carboxylic acids is 4. The summed E-state index contributed by atoms with van der Waals surface area (Å²) in [4.78, 5) is 66.4. The lowest BCUT2D eigenvalue weighted by Crippen LogP contribution is -2.70. The van der Waals surface area contributed by atoms with Crippen LogP contribution in [0, 0.1) is 0 Å². The second kappa shape index (κ2) is 70.9. The second-order valence-corrected chi connectivity index (χ2v) is 34.9. The molecule has 0 aromatic carbocycles. The summed E-state index contributed by atoms with van der Waals surface area (Å²) in [5.41, 5.74) is 0. The van der Waals surface area contributed by atoms with E-state index >= 15 is 0 Å². The Bertz CT molecular complexity index is 2600. The molecule has 0 amide bonds. The molecular formula is C92H167O25P. The Kier molecular flexibility index (Phi) is 65.4. The average molecular weight is 1700 g/mol. The Labute approximate surface area is 710 Å². The van der Waals surface area contributed by atoms with Crippen LogP contribution in [-0.2, 0) is 70.7 Å². The van der Waals surface area contributed by atoms with E-state index in [0.29, 0.717) is 38.5 Å². The Hall–Kier alpha value is -3.31. The van der Waals surface area contributed by atoms with Gasteiger partial charge in [0.2, 0.25) is 0 Å². The molecule has 0 aromatic rings. The maximum Gasteiger partial charge on any atom is 0.472 e. The van der Waals surface area contributed by atoms with Crippen molar-refractivity contribution >= 4 is 31.7 Å². The van der Waals surface area contributed by atoms with Gasteiger partial charge in [-0.3, -0.25) is 28.2 Å². The molecule has 1 saturated carbocycles. The zero-order valence-electron chi connectivity index (χ0n) is 73.5. The molecule has 3 fully saturated rings. The summed E-state index contributed by atoms with van der Waals surface area (Å²) >= 11 is 0. The molecule has 0 aromatic heterocycles. The van der Waals surface area contributed by atoms with Gasteiger partial charge in [-0.25, -0.2) is 4.57 Å². The molecule has 118 heavy (non-hydrogen) atoms. The molecule has 0 spiro atoms. The summed E-state index contributed by atoms with van der Waals surface area (Å²) in [5, 5.41) is 102. The van der Waals surface area contributed by atoms with Crippen molar-refractivity contribution in [3.63, 3.8) is 0 Å². The van der Waals surface area contributed by atoms with Gasteiger partial charge in [0, 0.05) is 25.7 Å². The lowest BCUT2D eigenvalue weighted by Gasteiger charge is -2.50. The summed E-state index contributed by atoms with van der Waals surface area (Å²) < 4.78 is 73.4. The minimum atomic E-state index is -5.81. The predicted octanol–water partition coefficient (Wildman–Crippen LogP) is 17.5. The third kappa shape index (κ3) is 50.6. The van der Waals surface area contributed by atoms with E-state index in [1.165, 1.54) is 148 Å². The van der Waals surface area contributed by atoms with E-state index in [2.05, 4.69) is 64.2 Å². The van der Waals surface area contributed by atoms with Crippen LogP contribution in [-0.4, -0.2) is 205 Å². The van der Waals surface area contributed by atoms with Crippen LogP contribution in [0.2, 0.25) is 0 Å². The van der Waals surface area contributed by atoms with Crippen LogP contribution in [0.5, 0.6) is 0 Å². The van der Waals surface area contributed by atoms with Crippen LogP contribution in [0.15, 0.2) is 36.5 Å². The molecule has 0 radical (unpaired) electrons. The molecule has 10 N–H and O–H groups in total. The zero-order chi connectivity index (χ0) is 86.1. The first-order chi connectivity index (χ1) is 57.2. The molecule has 3 aliphatic rings. The number of unbranched alkanes of at least 4 members (excludes halogenated alkanes) is 46. The fraction of sp³-hybridized carbons (Fsp3) is 0.891. The Morgan fingerprint density at radius 2 is 0.636 bits per heavy atom. The molecule has 18 unspecified atom stereocenters. The quantitative estimate of drug-likeness (QED) is 0.00889. The number of phosphoric ester groups is 1. The largest absolute Gasteiger partial charge is 0.472 e. The monoisotopic (exact) mass is 1700 g/mol. The SMILES string of the molecule is CCCCCC/C=C\CCCCCCCCCC(=O)OCC1OC(OC2C(OC(=O)CCCCCCCCC/C=C\CCCCCC)C(O)C(O)C(OC3OC(CO)C(O)C(O)C3O)C2OP(=O)(O)OCC(COC(=O)CCCCCCCCCCCCCCCCCC)OC(=O)CCCCC/C=C\CCCCCCCC)C(O)C(O)C1O. The molecular weight excluding hydrogens is 1540 g/mol. The highest BCUT2D eigenvalue weighted by molar-refractivity contribution is 7.47. The topological polar surface area (TPSA) is 380 Å². The fourth-order valence-corrected chi connectivity index (χ4v) is 16.3. The van der Waals surface area contributed by atoms with E-state index in [9.17, 15) is 74.6 Å². The van der Waals surface area contributed by atoms with Gasteiger partial charge in [0.25, 0.3) is 0 Å². The van der Waals surface area contributed by atoms with Crippen LogP contribution in [0.3, 0.4) is 0 Å². The third-order valence-corrected chi connectivity index (χ3v) is 23.8. The summed E-state index contributed by atoms with van der Waals surface area (Å²) in [6.07, 6.45) is 32.8. The summed E-state index contributed by atoms with van der Waals surface area (Å²) in [7, 11) is -5.81. The smallest absolute Gasteiger partial charge is 0.463 e. The number of hydrogen-bond donors (Lipinski definition) is 10. The molecule has 0 bridgehead atoms. The molecule has 2 saturated heterocycles. The lowest BCUT2D eigenvalue weighted by atomic mass is 9.84. The number of rotatable bonds is 76. The van der Waals surface area contributed by atoms with Crippen LogP contribution in [0.4, 0.5) is 0 Å². The van der Waals surface area contributed by atoms with Gasteiger partial charge in [-0.1, -0.05) is 302 Å². The van der Waals surface area contributed by atoms with E-state index in [1.807, 2.05) is 0 Å². The number of phosphoric acid groups is 1. The molecule has 2 heterocycles. The van der Waals surface area contributed by atoms with Gasteiger partial charge in [0.05, 0.1) is 13.2 Å². The van der Waals surface area contributed by atoms with E-state index in [0.717, 1.165) is 154 Å². The van der Waals surface area contributed by atoms with Crippen molar-refractivity contribution in [1.29, 1.82) is 0 Å². The fourth-order valence-electron chi connectivity index (χ4n) is 15.3. The highest BCUT2D eigenvalue weighted by Crippen LogP contribution is 2.49. The lowest BCUT2D eigenvalue weighted by molar-refractivity contribution is -0.360. The first kappa shape index (κ1) is 109. The van der Waals surface area contributed by atoms with E-state index in [-0.39, 0.29) is 25.7 Å². The van der Waals surface area contributed by atoms with Crippen molar-refractivity contribution in [3.05, 3.63) is 36.5 Å². The minimum absolute atomic E-state index is 0.00742. The van der Waals surface area contributed by atoms with Crippen molar-refractivity contribution in [3.8, 4) is 0 Å². The van der Waals surface area contributed by atoms with Crippen molar-refractivity contribution in [1.82, 2.24) is 0 Å². The van der Waals surface area contributed by atoms with Crippen molar-refractivity contribution in [2.24, 2.45) is 0 Å². The van der Waals surface area contributed by atoms with Crippen molar-refractivity contribution < 1.29 is 122 Å². The maximum absolute atomic E-state index is 14.9. The van der Waals surface area contributed by atoms with Gasteiger partial charge in [0.1, 0.15) is 92.6 Å². The van der Waals surface area contributed by atoms with Gasteiger partial charge >= 0.3 is 31.7 Å².